The van der Waals surface area contributed by atoms with E-state index in [1.165, 1.54) is 38.5 Å². The van der Waals surface area contributed by atoms with E-state index in [1.807, 2.05) is 0 Å². The summed E-state index contributed by atoms with van der Waals surface area (Å²) in [5.74, 6) is 0.774. The predicted molar refractivity (Wildman–Crippen MR) is 61.0 cm³/mol. The minimum atomic E-state index is 0.460. The average Bonchev–Trinajstić information content (AvgIpc) is 2.91. The highest BCUT2D eigenvalue weighted by atomic mass is 14.7. The molecule has 0 bridgehead atoms. The van der Waals surface area contributed by atoms with E-state index in [4.69, 9.17) is 5.73 Å². The zero-order valence-electron chi connectivity index (χ0n) is 9.55. The molecule has 1 fully saturated rings. The molecule has 2 aliphatic carbocycles. The molecule has 14 heavy (non-hydrogen) atoms. The van der Waals surface area contributed by atoms with Gasteiger partial charge in [-0.25, -0.2) is 0 Å². The fourth-order valence-corrected chi connectivity index (χ4v) is 2.66. The first-order valence-corrected chi connectivity index (χ1v) is 6.03. The Balaban J connectivity index is 1.92. The van der Waals surface area contributed by atoms with Crippen LogP contribution in [0.2, 0.25) is 0 Å². The monoisotopic (exact) mass is 193 g/mol. The SMILES string of the molecule is CC1=CCCC([C@@H](N)C2(C)CC2)CC1. The molecule has 80 valence electrons. The lowest BCUT2D eigenvalue weighted by Crippen LogP contribution is -2.37. The van der Waals surface area contributed by atoms with Crippen LogP contribution in [0.1, 0.15) is 52.4 Å². The average molecular weight is 193 g/mol. The summed E-state index contributed by atoms with van der Waals surface area (Å²) in [4.78, 5) is 0. The Hall–Kier alpha value is -0.300. The van der Waals surface area contributed by atoms with Crippen molar-refractivity contribution in [2.45, 2.75) is 58.4 Å². The molecule has 0 aliphatic heterocycles. The first-order valence-electron chi connectivity index (χ1n) is 6.03. The maximum atomic E-state index is 6.38. The van der Waals surface area contributed by atoms with E-state index in [2.05, 4.69) is 19.9 Å². The number of hydrogen-bond donors (Lipinski definition) is 1. The van der Waals surface area contributed by atoms with Gasteiger partial charge in [-0.2, -0.15) is 0 Å². The van der Waals surface area contributed by atoms with Crippen LogP contribution in [0.5, 0.6) is 0 Å². The smallest absolute Gasteiger partial charge is 0.0122 e. The van der Waals surface area contributed by atoms with E-state index in [0.29, 0.717) is 11.5 Å². The fraction of sp³-hybridized carbons (Fsp3) is 0.846. The number of allylic oxidation sites excluding steroid dienone is 2. The van der Waals surface area contributed by atoms with Crippen molar-refractivity contribution in [1.82, 2.24) is 0 Å². The van der Waals surface area contributed by atoms with Crippen molar-refractivity contribution in [3.8, 4) is 0 Å². The van der Waals surface area contributed by atoms with Gasteiger partial charge in [-0.1, -0.05) is 18.6 Å². The van der Waals surface area contributed by atoms with Crippen LogP contribution in [-0.4, -0.2) is 6.04 Å². The summed E-state index contributed by atoms with van der Waals surface area (Å²) < 4.78 is 0. The molecule has 0 heterocycles. The summed E-state index contributed by atoms with van der Waals surface area (Å²) in [6.45, 7) is 4.62. The van der Waals surface area contributed by atoms with Gasteiger partial charge in [0, 0.05) is 6.04 Å². The van der Waals surface area contributed by atoms with Gasteiger partial charge in [0.1, 0.15) is 0 Å². The Labute approximate surface area is 87.8 Å². The van der Waals surface area contributed by atoms with E-state index in [1.54, 1.807) is 5.57 Å². The van der Waals surface area contributed by atoms with Gasteiger partial charge >= 0.3 is 0 Å². The molecule has 2 N–H and O–H groups in total. The summed E-state index contributed by atoms with van der Waals surface area (Å²) in [6, 6.07) is 0.460. The third-order valence-corrected chi connectivity index (χ3v) is 4.29. The van der Waals surface area contributed by atoms with Crippen molar-refractivity contribution in [1.29, 1.82) is 0 Å². The highest BCUT2D eigenvalue weighted by molar-refractivity contribution is 5.05. The fourth-order valence-electron chi connectivity index (χ4n) is 2.66. The molecule has 0 aromatic heterocycles. The maximum absolute atomic E-state index is 6.38. The largest absolute Gasteiger partial charge is 0.327 e. The number of rotatable bonds is 2. The minimum absolute atomic E-state index is 0.460. The molecule has 1 saturated carbocycles. The van der Waals surface area contributed by atoms with Gasteiger partial charge in [0.05, 0.1) is 0 Å². The summed E-state index contributed by atoms with van der Waals surface area (Å²) in [7, 11) is 0. The maximum Gasteiger partial charge on any atom is 0.0122 e. The summed E-state index contributed by atoms with van der Waals surface area (Å²) in [5.41, 5.74) is 8.45. The second-order valence-electron chi connectivity index (χ2n) is 5.61. The van der Waals surface area contributed by atoms with Crippen molar-refractivity contribution in [2.24, 2.45) is 17.1 Å². The van der Waals surface area contributed by atoms with Crippen LogP contribution in [-0.2, 0) is 0 Å². The number of hydrogen-bond acceptors (Lipinski definition) is 1. The van der Waals surface area contributed by atoms with Crippen LogP contribution in [0, 0.1) is 11.3 Å². The van der Waals surface area contributed by atoms with Gasteiger partial charge in [0.25, 0.3) is 0 Å². The molecule has 0 radical (unpaired) electrons. The normalized spacial score (nSPS) is 33.1. The van der Waals surface area contributed by atoms with E-state index < -0.39 is 0 Å². The molecule has 2 rings (SSSR count). The van der Waals surface area contributed by atoms with Gasteiger partial charge in [0.15, 0.2) is 0 Å². The molecule has 0 aromatic rings. The van der Waals surface area contributed by atoms with Crippen LogP contribution in [0.4, 0.5) is 0 Å². The first kappa shape index (κ1) is 10.2. The van der Waals surface area contributed by atoms with E-state index in [0.717, 1.165) is 5.92 Å². The second kappa shape index (κ2) is 3.69. The summed E-state index contributed by atoms with van der Waals surface area (Å²) in [5, 5.41) is 0. The lowest BCUT2D eigenvalue weighted by molar-refractivity contribution is 0.283. The van der Waals surface area contributed by atoms with Crippen molar-refractivity contribution < 1.29 is 0 Å². The molecule has 0 amide bonds. The highest BCUT2D eigenvalue weighted by Crippen LogP contribution is 2.50. The number of nitrogens with two attached hydrogens (primary N) is 1. The predicted octanol–water partition coefficient (Wildman–Crippen LogP) is 3.25. The second-order valence-corrected chi connectivity index (χ2v) is 5.61. The zero-order valence-corrected chi connectivity index (χ0v) is 9.55. The topological polar surface area (TPSA) is 26.0 Å². The van der Waals surface area contributed by atoms with E-state index >= 15 is 0 Å². The van der Waals surface area contributed by atoms with Crippen molar-refractivity contribution in [3.63, 3.8) is 0 Å². The van der Waals surface area contributed by atoms with Crippen LogP contribution in [0.25, 0.3) is 0 Å². The lowest BCUT2D eigenvalue weighted by atomic mass is 9.83. The molecular weight excluding hydrogens is 170 g/mol. The quantitative estimate of drug-likeness (QED) is 0.669. The van der Waals surface area contributed by atoms with Gasteiger partial charge in [-0.05, 0) is 56.8 Å². The molecule has 2 aliphatic rings. The van der Waals surface area contributed by atoms with E-state index in [-0.39, 0.29) is 0 Å². The highest BCUT2D eigenvalue weighted by Gasteiger charge is 2.45. The van der Waals surface area contributed by atoms with Gasteiger partial charge < -0.3 is 5.73 Å². The molecule has 1 heteroatoms. The Kier molecular flexibility index (Phi) is 2.70. The molecular formula is C13H23N. The standard InChI is InChI=1S/C13H23N/c1-10-4-3-5-11(7-6-10)12(14)13(2)8-9-13/h4,11-12H,3,5-9,14H2,1-2H3/t11?,12-/m1/s1. The zero-order chi connectivity index (χ0) is 10.2. The summed E-state index contributed by atoms with van der Waals surface area (Å²) >= 11 is 0. The molecule has 0 spiro atoms. The van der Waals surface area contributed by atoms with Crippen molar-refractivity contribution in [2.75, 3.05) is 0 Å². The third kappa shape index (κ3) is 2.03. The van der Waals surface area contributed by atoms with Crippen LogP contribution < -0.4 is 5.73 Å². The molecule has 0 saturated heterocycles. The Morgan fingerprint density at radius 3 is 2.79 bits per heavy atom. The van der Waals surface area contributed by atoms with Crippen LogP contribution in [0.3, 0.4) is 0 Å². The molecule has 1 unspecified atom stereocenters. The van der Waals surface area contributed by atoms with Gasteiger partial charge in [-0.15, -0.1) is 0 Å². The van der Waals surface area contributed by atoms with Crippen LogP contribution >= 0.6 is 0 Å². The van der Waals surface area contributed by atoms with Gasteiger partial charge in [0.2, 0.25) is 0 Å². The van der Waals surface area contributed by atoms with E-state index in [9.17, 15) is 0 Å². The van der Waals surface area contributed by atoms with Crippen molar-refractivity contribution >= 4 is 0 Å². The molecule has 2 atom stereocenters. The summed E-state index contributed by atoms with van der Waals surface area (Å²) in [6.07, 6.45) is 10.3. The van der Waals surface area contributed by atoms with Crippen LogP contribution in [0.15, 0.2) is 11.6 Å². The minimum Gasteiger partial charge on any atom is -0.327 e. The first-order chi connectivity index (χ1) is 6.62. The lowest BCUT2D eigenvalue weighted by Gasteiger charge is -2.28. The third-order valence-electron chi connectivity index (χ3n) is 4.29. The Morgan fingerprint density at radius 2 is 2.14 bits per heavy atom. The Morgan fingerprint density at radius 1 is 1.43 bits per heavy atom. The van der Waals surface area contributed by atoms with Gasteiger partial charge in [-0.3, -0.25) is 0 Å². The van der Waals surface area contributed by atoms with Crippen molar-refractivity contribution in [3.05, 3.63) is 11.6 Å². The molecule has 0 aromatic carbocycles. The Bertz CT molecular complexity index is 238. The molecule has 1 nitrogen and oxygen atoms in total.